The molecule has 2 heteroatoms. The molecule has 0 amide bonds. The number of aliphatic hydroxyl groups excluding tert-OH is 1. The average Bonchev–Trinajstić information content (AvgIpc) is 2.51. The third kappa shape index (κ3) is 1.31. The molecule has 1 aliphatic carbocycles. The fraction of sp³-hybridized carbons (Fsp3) is 1.00. The van der Waals surface area contributed by atoms with Gasteiger partial charge in [-0.2, -0.15) is 0 Å². The zero-order valence-electron chi connectivity index (χ0n) is 8.73. The van der Waals surface area contributed by atoms with Crippen LogP contribution in [0.15, 0.2) is 0 Å². The van der Waals surface area contributed by atoms with Crippen LogP contribution < -0.4 is 0 Å². The predicted molar refractivity (Wildman–Crippen MR) is 51.4 cm³/mol. The van der Waals surface area contributed by atoms with Crippen LogP contribution in [0.4, 0.5) is 0 Å². The Kier molecular flexibility index (Phi) is 2.37. The molecule has 0 radical (unpaired) electrons. The molecule has 6 atom stereocenters. The molecule has 2 aliphatic rings. The van der Waals surface area contributed by atoms with E-state index in [2.05, 4.69) is 13.8 Å². The number of hydrogen-bond donors (Lipinski definition) is 1. The van der Waals surface area contributed by atoms with E-state index in [1.165, 1.54) is 6.42 Å². The summed E-state index contributed by atoms with van der Waals surface area (Å²) >= 11 is 0. The van der Waals surface area contributed by atoms with Crippen molar-refractivity contribution in [3.8, 4) is 0 Å². The van der Waals surface area contributed by atoms with Crippen LogP contribution in [0.25, 0.3) is 0 Å². The van der Waals surface area contributed by atoms with E-state index in [9.17, 15) is 5.11 Å². The summed E-state index contributed by atoms with van der Waals surface area (Å²) in [6, 6.07) is 0. The van der Waals surface area contributed by atoms with Crippen molar-refractivity contribution in [2.45, 2.75) is 51.9 Å². The molecule has 0 spiro atoms. The molecule has 2 unspecified atom stereocenters. The minimum Gasteiger partial charge on any atom is -0.390 e. The van der Waals surface area contributed by atoms with Gasteiger partial charge in [0.2, 0.25) is 0 Å². The molecule has 0 aromatic rings. The summed E-state index contributed by atoms with van der Waals surface area (Å²) in [5, 5.41) is 9.96. The minimum absolute atomic E-state index is 0.0524. The van der Waals surface area contributed by atoms with Gasteiger partial charge in [-0.15, -0.1) is 0 Å². The lowest BCUT2D eigenvalue weighted by atomic mass is 9.84. The molecule has 0 bridgehead atoms. The Hall–Kier alpha value is -0.0800. The highest BCUT2D eigenvalue weighted by Gasteiger charge is 2.51. The van der Waals surface area contributed by atoms with Gasteiger partial charge in [0, 0.05) is 5.92 Å². The molecule has 2 fully saturated rings. The van der Waals surface area contributed by atoms with E-state index in [1.807, 2.05) is 6.92 Å². The zero-order valence-corrected chi connectivity index (χ0v) is 8.73. The monoisotopic (exact) mass is 184 g/mol. The van der Waals surface area contributed by atoms with E-state index in [-0.39, 0.29) is 12.2 Å². The quantitative estimate of drug-likeness (QED) is 0.673. The molecular formula is C11H20O2. The fourth-order valence-corrected chi connectivity index (χ4v) is 3.32. The van der Waals surface area contributed by atoms with Crippen molar-refractivity contribution in [3.63, 3.8) is 0 Å². The predicted octanol–water partition coefficient (Wildman–Crippen LogP) is 1.82. The third-order valence-electron chi connectivity index (χ3n) is 3.99. The summed E-state index contributed by atoms with van der Waals surface area (Å²) in [7, 11) is 0. The molecule has 2 nitrogen and oxygen atoms in total. The first kappa shape index (κ1) is 9.47. The van der Waals surface area contributed by atoms with Gasteiger partial charge >= 0.3 is 0 Å². The standard InChI is InChI=1S/C11H20O2/c1-4-8-6(2)5-9-10(8)11(12)7(3)13-9/h6-12H,4-5H2,1-3H3/t6-,7?,8+,9+,10-,11?/m0/s1. The summed E-state index contributed by atoms with van der Waals surface area (Å²) in [5.41, 5.74) is 0. The van der Waals surface area contributed by atoms with E-state index >= 15 is 0 Å². The molecular weight excluding hydrogens is 164 g/mol. The Morgan fingerprint density at radius 1 is 1.38 bits per heavy atom. The molecule has 1 aliphatic heterocycles. The summed E-state index contributed by atoms with van der Waals surface area (Å²) < 4.78 is 5.75. The van der Waals surface area contributed by atoms with Gasteiger partial charge in [0.25, 0.3) is 0 Å². The molecule has 1 saturated heterocycles. The van der Waals surface area contributed by atoms with E-state index in [0.29, 0.717) is 17.9 Å². The van der Waals surface area contributed by atoms with Crippen LogP contribution in [-0.4, -0.2) is 23.4 Å². The molecule has 1 heterocycles. The number of hydrogen-bond acceptors (Lipinski definition) is 2. The SMILES string of the molecule is CC[C@H]1[C@@H]2C(O)C(C)O[C@@H]2C[C@@H]1C. The van der Waals surface area contributed by atoms with Crippen molar-refractivity contribution in [1.82, 2.24) is 0 Å². The van der Waals surface area contributed by atoms with Crippen LogP contribution in [0.3, 0.4) is 0 Å². The lowest BCUT2D eigenvalue weighted by molar-refractivity contribution is 0.0135. The second kappa shape index (κ2) is 3.25. The van der Waals surface area contributed by atoms with E-state index < -0.39 is 0 Å². The van der Waals surface area contributed by atoms with Crippen molar-refractivity contribution in [2.24, 2.45) is 17.8 Å². The normalized spacial score (nSPS) is 55.4. The van der Waals surface area contributed by atoms with Crippen LogP contribution in [0.5, 0.6) is 0 Å². The lowest BCUT2D eigenvalue weighted by Gasteiger charge is -2.23. The van der Waals surface area contributed by atoms with Gasteiger partial charge in [0.15, 0.2) is 0 Å². The van der Waals surface area contributed by atoms with Gasteiger partial charge in [-0.3, -0.25) is 0 Å². The maximum Gasteiger partial charge on any atom is 0.0854 e. The third-order valence-corrected chi connectivity index (χ3v) is 3.99. The zero-order chi connectivity index (χ0) is 9.59. The highest BCUT2D eigenvalue weighted by atomic mass is 16.5. The van der Waals surface area contributed by atoms with Crippen molar-refractivity contribution in [3.05, 3.63) is 0 Å². The second-order valence-electron chi connectivity index (χ2n) is 4.73. The number of ether oxygens (including phenoxy) is 1. The van der Waals surface area contributed by atoms with Gasteiger partial charge in [-0.25, -0.2) is 0 Å². The molecule has 76 valence electrons. The molecule has 1 saturated carbocycles. The Bertz CT molecular complexity index is 193. The first-order chi connectivity index (χ1) is 6.15. The summed E-state index contributed by atoms with van der Waals surface area (Å²) in [6.07, 6.45) is 2.49. The fourth-order valence-electron chi connectivity index (χ4n) is 3.32. The first-order valence-electron chi connectivity index (χ1n) is 5.48. The molecule has 0 aromatic heterocycles. The molecule has 13 heavy (non-hydrogen) atoms. The Morgan fingerprint density at radius 2 is 2.08 bits per heavy atom. The van der Waals surface area contributed by atoms with E-state index in [0.717, 1.165) is 12.3 Å². The van der Waals surface area contributed by atoms with Gasteiger partial charge < -0.3 is 9.84 Å². The summed E-state index contributed by atoms with van der Waals surface area (Å²) in [4.78, 5) is 0. The van der Waals surface area contributed by atoms with Gasteiger partial charge in [-0.1, -0.05) is 20.3 Å². The molecule has 1 N–H and O–H groups in total. The van der Waals surface area contributed by atoms with Crippen LogP contribution in [0.1, 0.15) is 33.6 Å². The van der Waals surface area contributed by atoms with Crippen LogP contribution in [0, 0.1) is 17.8 Å². The number of rotatable bonds is 1. The number of aliphatic hydroxyl groups is 1. The maximum absolute atomic E-state index is 9.96. The van der Waals surface area contributed by atoms with Crippen molar-refractivity contribution in [2.75, 3.05) is 0 Å². The molecule has 2 rings (SSSR count). The minimum atomic E-state index is -0.222. The van der Waals surface area contributed by atoms with Crippen LogP contribution in [-0.2, 0) is 4.74 Å². The topological polar surface area (TPSA) is 29.5 Å². The highest BCUT2D eigenvalue weighted by Crippen LogP contribution is 2.47. The van der Waals surface area contributed by atoms with Gasteiger partial charge in [-0.05, 0) is 25.2 Å². The van der Waals surface area contributed by atoms with Gasteiger partial charge in [0.1, 0.15) is 0 Å². The molecule has 0 aromatic carbocycles. The van der Waals surface area contributed by atoms with E-state index in [1.54, 1.807) is 0 Å². The van der Waals surface area contributed by atoms with Crippen LogP contribution >= 0.6 is 0 Å². The van der Waals surface area contributed by atoms with Gasteiger partial charge in [0.05, 0.1) is 18.3 Å². The van der Waals surface area contributed by atoms with Crippen LogP contribution in [0.2, 0.25) is 0 Å². The highest BCUT2D eigenvalue weighted by molar-refractivity contribution is 4.99. The Balaban J connectivity index is 2.15. The Labute approximate surface area is 80.3 Å². The maximum atomic E-state index is 9.96. The number of fused-ring (bicyclic) bond motifs is 1. The second-order valence-corrected chi connectivity index (χ2v) is 4.73. The van der Waals surface area contributed by atoms with Crippen molar-refractivity contribution in [1.29, 1.82) is 0 Å². The lowest BCUT2D eigenvalue weighted by Crippen LogP contribution is -2.29. The summed E-state index contributed by atoms with van der Waals surface area (Å²) in [5.74, 6) is 1.81. The Morgan fingerprint density at radius 3 is 2.69 bits per heavy atom. The average molecular weight is 184 g/mol. The first-order valence-corrected chi connectivity index (χ1v) is 5.48. The smallest absolute Gasteiger partial charge is 0.0854 e. The van der Waals surface area contributed by atoms with Crippen molar-refractivity contribution < 1.29 is 9.84 Å². The largest absolute Gasteiger partial charge is 0.390 e. The van der Waals surface area contributed by atoms with Crippen molar-refractivity contribution >= 4 is 0 Å². The van der Waals surface area contributed by atoms with E-state index in [4.69, 9.17) is 4.74 Å². The summed E-state index contributed by atoms with van der Waals surface area (Å²) in [6.45, 7) is 6.49.